The molecular formula is C11H18N2O3. The van der Waals surface area contributed by atoms with Crippen molar-refractivity contribution in [2.45, 2.75) is 38.1 Å². The molecule has 2 amide bonds. The minimum Gasteiger partial charge on any atom is -0.396 e. The smallest absolute Gasteiger partial charge is 0.244 e. The molecule has 0 aromatic rings. The Morgan fingerprint density at radius 1 is 1.38 bits per heavy atom. The monoisotopic (exact) mass is 226 g/mol. The van der Waals surface area contributed by atoms with Gasteiger partial charge in [-0.15, -0.1) is 0 Å². The molecule has 1 aliphatic heterocycles. The first kappa shape index (κ1) is 11.5. The Morgan fingerprint density at radius 3 is 2.56 bits per heavy atom. The molecule has 1 unspecified atom stereocenters. The molecule has 1 saturated heterocycles. The number of imide groups is 1. The minimum absolute atomic E-state index is 0.0775. The lowest BCUT2D eigenvalue weighted by atomic mass is 9.87. The Hall–Kier alpha value is -0.940. The summed E-state index contributed by atoms with van der Waals surface area (Å²) >= 11 is 0. The largest absolute Gasteiger partial charge is 0.396 e. The van der Waals surface area contributed by atoms with E-state index < -0.39 is 6.04 Å². The second-order valence-corrected chi connectivity index (χ2v) is 4.92. The fraction of sp³-hybridized carbons (Fsp3) is 0.818. The van der Waals surface area contributed by atoms with Crippen molar-refractivity contribution in [2.24, 2.45) is 5.41 Å². The molecule has 1 saturated carbocycles. The van der Waals surface area contributed by atoms with E-state index in [1.54, 1.807) is 0 Å². The third-order valence-corrected chi connectivity index (χ3v) is 3.69. The molecule has 16 heavy (non-hydrogen) atoms. The van der Waals surface area contributed by atoms with E-state index in [0.29, 0.717) is 6.54 Å². The highest BCUT2D eigenvalue weighted by Gasteiger charge is 2.36. The zero-order chi connectivity index (χ0) is 11.6. The van der Waals surface area contributed by atoms with Gasteiger partial charge in [-0.1, -0.05) is 12.8 Å². The van der Waals surface area contributed by atoms with Crippen LogP contribution in [0, 0.1) is 5.41 Å². The van der Waals surface area contributed by atoms with Gasteiger partial charge in [0.15, 0.2) is 0 Å². The van der Waals surface area contributed by atoms with Crippen LogP contribution in [0.2, 0.25) is 0 Å². The van der Waals surface area contributed by atoms with E-state index in [1.165, 1.54) is 0 Å². The van der Waals surface area contributed by atoms with E-state index in [4.69, 9.17) is 0 Å². The van der Waals surface area contributed by atoms with Crippen LogP contribution in [-0.2, 0) is 9.59 Å². The fourth-order valence-corrected chi connectivity index (χ4v) is 2.57. The van der Waals surface area contributed by atoms with Gasteiger partial charge in [-0.25, -0.2) is 0 Å². The number of hydrogen-bond acceptors (Lipinski definition) is 4. The first-order valence-electron chi connectivity index (χ1n) is 5.83. The second kappa shape index (κ2) is 4.51. The summed E-state index contributed by atoms with van der Waals surface area (Å²) in [5.74, 6) is -0.456. The maximum atomic E-state index is 11.3. The average molecular weight is 226 g/mol. The number of hydrogen-bond donors (Lipinski definition) is 3. The van der Waals surface area contributed by atoms with Gasteiger partial charge in [-0.05, 0) is 12.8 Å². The van der Waals surface area contributed by atoms with Gasteiger partial charge in [0.1, 0.15) is 0 Å². The van der Waals surface area contributed by atoms with Gasteiger partial charge < -0.3 is 10.4 Å². The van der Waals surface area contributed by atoms with Gasteiger partial charge >= 0.3 is 0 Å². The molecule has 90 valence electrons. The molecular weight excluding hydrogens is 208 g/mol. The Balaban J connectivity index is 1.86. The van der Waals surface area contributed by atoms with Crippen LogP contribution < -0.4 is 10.6 Å². The van der Waals surface area contributed by atoms with E-state index in [-0.39, 0.29) is 30.3 Å². The van der Waals surface area contributed by atoms with E-state index in [0.717, 1.165) is 25.7 Å². The maximum Gasteiger partial charge on any atom is 0.244 e. The first-order chi connectivity index (χ1) is 7.65. The van der Waals surface area contributed by atoms with Crippen molar-refractivity contribution in [3.63, 3.8) is 0 Å². The second-order valence-electron chi connectivity index (χ2n) is 4.92. The Morgan fingerprint density at radius 2 is 2.06 bits per heavy atom. The zero-order valence-electron chi connectivity index (χ0n) is 9.29. The third kappa shape index (κ3) is 2.25. The van der Waals surface area contributed by atoms with Crippen LogP contribution in [-0.4, -0.2) is 36.1 Å². The molecule has 0 spiro atoms. The van der Waals surface area contributed by atoms with Crippen LogP contribution in [0.25, 0.3) is 0 Å². The molecule has 2 aliphatic rings. The lowest BCUT2D eigenvalue weighted by Crippen LogP contribution is -2.43. The van der Waals surface area contributed by atoms with E-state index in [1.807, 2.05) is 0 Å². The molecule has 0 aromatic carbocycles. The normalized spacial score (nSPS) is 28.4. The highest BCUT2D eigenvalue weighted by Crippen LogP contribution is 2.37. The lowest BCUT2D eigenvalue weighted by Gasteiger charge is -2.27. The van der Waals surface area contributed by atoms with Gasteiger partial charge in [-0.2, -0.15) is 0 Å². The quantitative estimate of drug-likeness (QED) is 0.567. The lowest BCUT2D eigenvalue weighted by molar-refractivity contribution is -0.125. The van der Waals surface area contributed by atoms with Crippen LogP contribution in [0.4, 0.5) is 0 Å². The van der Waals surface area contributed by atoms with Crippen LogP contribution in [0.15, 0.2) is 0 Å². The van der Waals surface area contributed by atoms with Gasteiger partial charge in [0.05, 0.1) is 12.5 Å². The van der Waals surface area contributed by atoms with Crippen molar-refractivity contribution in [1.29, 1.82) is 0 Å². The van der Waals surface area contributed by atoms with Crippen LogP contribution in [0.3, 0.4) is 0 Å². The minimum atomic E-state index is -0.406. The molecule has 0 radical (unpaired) electrons. The standard InChI is InChI=1S/C11H18N2O3/c14-7-11(3-1-2-4-11)6-12-8-5-9(15)13-10(8)16/h8,12,14H,1-7H2,(H,13,15,16). The summed E-state index contributed by atoms with van der Waals surface area (Å²) in [6, 6.07) is -0.406. The molecule has 2 rings (SSSR count). The number of carbonyl (C=O) groups excluding carboxylic acids is 2. The molecule has 5 nitrogen and oxygen atoms in total. The molecule has 2 fully saturated rings. The van der Waals surface area contributed by atoms with Crippen molar-refractivity contribution in [1.82, 2.24) is 10.6 Å². The highest BCUT2D eigenvalue weighted by molar-refractivity contribution is 6.05. The highest BCUT2D eigenvalue weighted by atomic mass is 16.3. The summed E-state index contributed by atoms with van der Waals surface area (Å²) in [5, 5.41) is 14.8. The molecule has 1 aliphatic carbocycles. The van der Waals surface area contributed by atoms with Gasteiger partial charge in [-0.3, -0.25) is 14.9 Å². The molecule has 3 N–H and O–H groups in total. The number of carbonyl (C=O) groups is 2. The molecule has 1 atom stereocenters. The number of amides is 2. The fourth-order valence-electron chi connectivity index (χ4n) is 2.57. The Labute approximate surface area is 94.6 Å². The molecule has 0 aromatic heterocycles. The Bertz CT molecular complexity index is 298. The van der Waals surface area contributed by atoms with Crippen molar-refractivity contribution in [2.75, 3.05) is 13.2 Å². The predicted molar refractivity (Wildman–Crippen MR) is 57.5 cm³/mol. The van der Waals surface area contributed by atoms with Crippen LogP contribution >= 0.6 is 0 Å². The first-order valence-corrected chi connectivity index (χ1v) is 5.83. The van der Waals surface area contributed by atoms with Crippen molar-refractivity contribution >= 4 is 11.8 Å². The van der Waals surface area contributed by atoms with E-state index in [2.05, 4.69) is 10.6 Å². The maximum absolute atomic E-state index is 11.3. The van der Waals surface area contributed by atoms with E-state index >= 15 is 0 Å². The van der Waals surface area contributed by atoms with Crippen LogP contribution in [0.1, 0.15) is 32.1 Å². The number of rotatable bonds is 4. The summed E-state index contributed by atoms with van der Waals surface area (Å²) in [6.07, 6.45) is 4.49. The summed E-state index contributed by atoms with van der Waals surface area (Å²) in [7, 11) is 0. The summed E-state index contributed by atoms with van der Waals surface area (Å²) in [5.41, 5.74) is -0.0775. The average Bonchev–Trinajstić information content (AvgIpc) is 2.84. The summed E-state index contributed by atoms with van der Waals surface area (Å²) < 4.78 is 0. The van der Waals surface area contributed by atoms with Crippen molar-refractivity contribution in [3.8, 4) is 0 Å². The van der Waals surface area contributed by atoms with E-state index in [9.17, 15) is 14.7 Å². The number of aliphatic hydroxyl groups is 1. The Kier molecular flexibility index (Phi) is 3.25. The topological polar surface area (TPSA) is 78.4 Å². The predicted octanol–water partition coefficient (Wildman–Crippen LogP) is -0.456. The van der Waals surface area contributed by atoms with Crippen molar-refractivity contribution < 1.29 is 14.7 Å². The molecule has 0 bridgehead atoms. The van der Waals surface area contributed by atoms with Gasteiger partial charge in [0.2, 0.25) is 11.8 Å². The molecule has 5 heteroatoms. The third-order valence-electron chi connectivity index (χ3n) is 3.69. The molecule has 1 heterocycles. The zero-order valence-corrected chi connectivity index (χ0v) is 9.29. The van der Waals surface area contributed by atoms with Gasteiger partial charge in [0, 0.05) is 18.6 Å². The summed E-state index contributed by atoms with van der Waals surface area (Å²) in [6.45, 7) is 0.775. The number of nitrogens with one attached hydrogen (secondary N) is 2. The summed E-state index contributed by atoms with van der Waals surface area (Å²) in [4.78, 5) is 22.3. The van der Waals surface area contributed by atoms with Crippen molar-refractivity contribution in [3.05, 3.63) is 0 Å². The SMILES string of the molecule is O=C1CC(NCC2(CO)CCCC2)C(=O)N1. The van der Waals surface area contributed by atoms with Gasteiger partial charge in [0.25, 0.3) is 0 Å². The number of aliphatic hydroxyl groups excluding tert-OH is 1. The van der Waals surface area contributed by atoms with Crippen LogP contribution in [0.5, 0.6) is 0 Å².